The molecule has 0 unspecified atom stereocenters. The molecule has 0 radical (unpaired) electrons. The molecule has 0 bridgehead atoms. The summed E-state index contributed by atoms with van der Waals surface area (Å²) >= 11 is 0. The van der Waals surface area contributed by atoms with Crippen molar-refractivity contribution in [1.29, 1.82) is 0 Å². The van der Waals surface area contributed by atoms with Crippen molar-refractivity contribution in [3.05, 3.63) is 35.8 Å². The molecule has 0 aliphatic carbocycles. The molecule has 2 rings (SSSR count). The molecular weight excluding hydrogens is 247 g/mol. The maximum atomic E-state index is 12.2. The Labute approximate surface area is 101 Å². The topological polar surface area (TPSA) is 55.6 Å². The van der Waals surface area contributed by atoms with Crippen LogP contribution in [0.3, 0.4) is 0 Å². The van der Waals surface area contributed by atoms with Gasteiger partial charge < -0.3 is 5.32 Å². The van der Waals surface area contributed by atoms with Crippen molar-refractivity contribution in [2.24, 2.45) is 7.05 Å². The highest BCUT2D eigenvalue weighted by molar-refractivity contribution is 5.34. The zero-order valence-corrected chi connectivity index (χ0v) is 9.44. The summed E-state index contributed by atoms with van der Waals surface area (Å²) in [6, 6.07) is 2.13. The van der Waals surface area contributed by atoms with Gasteiger partial charge in [-0.3, -0.25) is 4.68 Å². The number of hydrogen-bond donors (Lipinski definition) is 1. The molecule has 5 nitrogen and oxygen atoms in total. The van der Waals surface area contributed by atoms with Crippen molar-refractivity contribution in [3.63, 3.8) is 0 Å². The highest BCUT2D eigenvalue weighted by Crippen LogP contribution is 2.27. The molecule has 0 aromatic carbocycles. The van der Waals surface area contributed by atoms with Crippen molar-refractivity contribution >= 4 is 5.82 Å². The summed E-state index contributed by atoms with van der Waals surface area (Å²) in [5.41, 5.74) is -0.103. The van der Waals surface area contributed by atoms with E-state index in [0.717, 1.165) is 11.6 Å². The molecule has 0 saturated carbocycles. The number of hydrogen-bond acceptors (Lipinski definition) is 4. The van der Waals surface area contributed by atoms with Crippen LogP contribution in [0.4, 0.5) is 19.0 Å². The van der Waals surface area contributed by atoms with E-state index in [2.05, 4.69) is 20.6 Å². The Morgan fingerprint density at radius 3 is 2.56 bits per heavy atom. The van der Waals surface area contributed by atoms with E-state index in [4.69, 9.17) is 0 Å². The number of rotatable bonds is 3. The third-order valence-corrected chi connectivity index (χ3v) is 2.19. The molecule has 0 atom stereocenters. The van der Waals surface area contributed by atoms with E-state index in [-0.39, 0.29) is 5.82 Å². The van der Waals surface area contributed by atoms with Crippen LogP contribution in [0, 0.1) is 0 Å². The van der Waals surface area contributed by atoms with Crippen molar-refractivity contribution in [3.8, 4) is 0 Å². The second kappa shape index (κ2) is 4.63. The van der Waals surface area contributed by atoms with Gasteiger partial charge in [-0.25, -0.2) is 0 Å². The highest BCUT2D eigenvalue weighted by atomic mass is 19.4. The number of nitrogens with one attached hydrogen (secondary N) is 1. The first-order valence-corrected chi connectivity index (χ1v) is 5.07. The fourth-order valence-electron chi connectivity index (χ4n) is 1.33. The maximum absolute atomic E-state index is 12.2. The molecule has 0 amide bonds. The Kier molecular flexibility index (Phi) is 3.17. The van der Waals surface area contributed by atoms with Gasteiger partial charge in [0.25, 0.3) is 0 Å². The van der Waals surface area contributed by atoms with E-state index < -0.39 is 11.9 Å². The zero-order chi connectivity index (χ0) is 13.2. The highest BCUT2D eigenvalue weighted by Gasteiger charge is 2.32. The molecule has 0 saturated heterocycles. The minimum atomic E-state index is -4.46. The minimum Gasteiger partial charge on any atom is -0.364 e. The molecule has 2 aromatic rings. The fourth-order valence-corrected chi connectivity index (χ4v) is 1.33. The first-order valence-electron chi connectivity index (χ1n) is 5.07. The second-order valence-corrected chi connectivity index (χ2v) is 3.68. The van der Waals surface area contributed by atoms with Crippen LogP contribution in [-0.4, -0.2) is 20.0 Å². The van der Waals surface area contributed by atoms with E-state index >= 15 is 0 Å². The van der Waals surface area contributed by atoms with Crippen molar-refractivity contribution in [2.75, 3.05) is 5.32 Å². The monoisotopic (exact) mass is 257 g/mol. The van der Waals surface area contributed by atoms with Crippen LogP contribution in [-0.2, 0) is 19.8 Å². The van der Waals surface area contributed by atoms with Crippen LogP contribution in [0.2, 0.25) is 0 Å². The standard InChI is InChI=1S/C10H10F3N5/c1-18-6-7(5-15-18)4-14-9-3-2-8(16-17-9)10(11,12)13/h2-3,5-6H,4H2,1H3,(H,14,17). The SMILES string of the molecule is Cn1cc(CNc2ccc(C(F)(F)F)nn2)cn1. The number of alkyl halides is 3. The van der Waals surface area contributed by atoms with Crippen molar-refractivity contribution in [1.82, 2.24) is 20.0 Å². The summed E-state index contributed by atoms with van der Waals surface area (Å²) < 4.78 is 38.4. The lowest BCUT2D eigenvalue weighted by Gasteiger charge is -2.06. The number of halogens is 3. The summed E-state index contributed by atoms with van der Waals surface area (Å²) in [5.74, 6) is 0.284. The third kappa shape index (κ3) is 2.96. The predicted molar refractivity (Wildman–Crippen MR) is 57.6 cm³/mol. The molecular formula is C10H10F3N5. The quantitative estimate of drug-likeness (QED) is 0.911. The average Bonchev–Trinajstić information content (AvgIpc) is 2.72. The molecule has 0 spiro atoms. The largest absolute Gasteiger partial charge is 0.435 e. The summed E-state index contributed by atoms with van der Waals surface area (Å²) in [6.07, 6.45) is -1.01. The first-order chi connectivity index (χ1) is 8.45. The van der Waals surface area contributed by atoms with Gasteiger partial charge in [-0.05, 0) is 12.1 Å². The molecule has 1 N–H and O–H groups in total. The van der Waals surface area contributed by atoms with Crippen LogP contribution in [0.5, 0.6) is 0 Å². The number of nitrogens with zero attached hydrogens (tertiary/aromatic N) is 4. The molecule has 18 heavy (non-hydrogen) atoms. The zero-order valence-electron chi connectivity index (χ0n) is 9.44. The molecule has 0 fully saturated rings. The Balaban J connectivity index is 1.98. The lowest BCUT2D eigenvalue weighted by Crippen LogP contribution is -2.10. The molecule has 2 aromatic heterocycles. The van der Waals surface area contributed by atoms with Crippen LogP contribution >= 0.6 is 0 Å². The van der Waals surface area contributed by atoms with Crippen LogP contribution in [0.25, 0.3) is 0 Å². The fraction of sp³-hybridized carbons (Fsp3) is 0.300. The third-order valence-electron chi connectivity index (χ3n) is 2.19. The van der Waals surface area contributed by atoms with E-state index in [9.17, 15) is 13.2 Å². The Morgan fingerprint density at radius 1 is 1.28 bits per heavy atom. The summed E-state index contributed by atoms with van der Waals surface area (Å²) in [4.78, 5) is 0. The summed E-state index contributed by atoms with van der Waals surface area (Å²) in [7, 11) is 1.78. The molecule has 96 valence electrons. The molecule has 8 heteroatoms. The van der Waals surface area contributed by atoms with Gasteiger partial charge in [0.15, 0.2) is 5.69 Å². The second-order valence-electron chi connectivity index (χ2n) is 3.68. The van der Waals surface area contributed by atoms with Crippen LogP contribution < -0.4 is 5.32 Å². The van der Waals surface area contributed by atoms with Gasteiger partial charge in [-0.1, -0.05) is 0 Å². The van der Waals surface area contributed by atoms with Gasteiger partial charge in [0.05, 0.1) is 6.20 Å². The maximum Gasteiger partial charge on any atom is 0.435 e. The van der Waals surface area contributed by atoms with E-state index in [1.165, 1.54) is 6.07 Å². The van der Waals surface area contributed by atoms with E-state index in [1.807, 2.05) is 0 Å². The molecule has 0 aliphatic rings. The van der Waals surface area contributed by atoms with Crippen LogP contribution in [0.1, 0.15) is 11.3 Å². The van der Waals surface area contributed by atoms with Crippen molar-refractivity contribution in [2.45, 2.75) is 12.7 Å². The lowest BCUT2D eigenvalue weighted by atomic mass is 10.3. The van der Waals surface area contributed by atoms with Gasteiger partial charge in [-0.15, -0.1) is 10.2 Å². The Morgan fingerprint density at radius 2 is 2.06 bits per heavy atom. The van der Waals surface area contributed by atoms with Crippen molar-refractivity contribution < 1.29 is 13.2 Å². The number of aryl methyl sites for hydroxylation is 1. The smallest absolute Gasteiger partial charge is 0.364 e. The summed E-state index contributed by atoms with van der Waals surface area (Å²) in [6.45, 7) is 0.424. The predicted octanol–water partition coefficient (Wildman–Crippen LogP) is 1.84. The average molecular weight is 257 g/mol. The Hall–Kier alpha value is -2.12. The van der Waals surface area contributed by atoms with Gasteiger partial charge in [0, 0.05) is 25.4 Å². The molecule has 2 heterocycles. The lowest BCUT2D eigenvalue weighted by molar-refractivity contribution is -0.141. The summed E-state index contributed by atoms with van der Waals surface area (Å²) in [5, 5.41) is 13.4. The normalized spacial score (nSPS) is 11.6. The Bertz CT molecular complexity index is 517. The first kappa shape index (κ1) is 12.3. The molecule has 0 aliphatic heterocycles. The van der Waals surface area contributed by atoms with Crippen LogP contribution in [0.15, 0.2) is 24.5 Å². The van der Waals surface area contributed by atoms with Gasteiger partial charge in [0.1, 0.15) is 5.82 Å². The van der Waals surface area contributed by atoms with E-state index in [1.54, 1.807) is 24.1 Å². The van der Waals surface area contributed by atoms with E-state index in [0.29, 0.717) is 6.54 Å². The number of anilines is 1. The number of aromatic nitrogens is 4. The van der Waals surface area contributed by atoms with Gasteiger partial charge in [0.2, 0.25) is 0 Å². The minimum absolute atomic E-state index is 0.284. The van der Waals surface area contributed by atoms with Gasteiger partial charge in [-0.2, -0.15) is 18.3 Å². The van der Waals surface area contributed by atoms with Gasteiger partial charge >= 0.3 is 6.18 Å².